The van der Waals surface area contributed by atoms with Crippen molar-refractivity contribution >= 4 is 29.4 Å². The number of para-hydroxylation sites is 1. The number of carbonyl (C=O) groups is 1. The van der Waals surface area contributed by atoms with Crippen LogP contribution in [0.4, 0.5) is 0 Å². The highest BCUT2D eigenvalue weighted by Crippen LogP contribution is 2.22. The molecule has 0 radical (unpaired) electrons. The largest absolute Gasteiger partial charge is 0.355 e. The number of nitrogens with one attached hydrogen (secondary N) is 1. The molecule has 0 saturated heterocycles. The van der Waals surface area contributed by atoms with Gasteiger partial charge in [0.25, 0.3) is 0 Å². The number of amides is 1. The van der Waals surface area contributed by atoms with Crippen LogP contribution in [0.5, 0.6) is 0 Å². The second-order valence-corrected chi connectivity index (χ2v) is 8.19. The number of benzene rings is 2. The van der Waals surface area contributed by atoms with Crippen LogP contribution in [0.2, 0.25) is 0 Å². The molecule has 28 heavy (non-hydrogen) atoms. The molecule has 0 atom stereocenters. The van der Waals surface area contributed by atoms with Crippen molar-refractivity contribution < 1.29 is 4.79 Å². The predicted octanol–water partition coefficient (Wildman–Crippen LogP) is 3.97. The summed E-state index contributed by atoms with van der Waals surface area (Å²) in [6, 6.07) is 18.5. The van der Waals surface area contributed by atoms with Crippen LogP contribution in [0.15, 0.2) is 66.1 Å². The molecular weight excluding hydrogens is 388 g/mol. The quantitative estimate of drug-likeness (QED) is 0.403. The lowest BCUT2D eigenvalue weighted by Gasteiger charge is -2.10. The minimum Gasteiger partial charge on any atom is -0.355 e. The second kappa shape index (κ2) is 10.9. The van der Waals surface area contributed by atoms with Gasteiger partial charge in [0.2, 0.25) is 5.91 Å². The molecular formula is C21H24N4OS2. The van der Waals surface area contributed by atoms with E-state index in [1.54, 1.807) is 6.33 Å². The van der Waals surface area contributed by atoms with Gasteiger partial charge in [-0.15, -0.1) is 10.2 Å². The highest BCUT2D eigenvalue weighted by Gasteiger charge is 2.12. The molecule has 0 aliphatic carbocycles. The SMILES string of the molecule is CCc1ccccc1-n1cnnc1SCC(=O)NCCSCc1ccccc1. The standard InChI is InChI=1S/C21H24N4OS2/c1-2-18-10-6-7-11-19(18)25-16-23-24-21(25)28-15-20(26)22-12-13-27-14-17-8-4-3-5-9-17/h3-11,16H,2,12-15H2,1H3,(H,22,26). The zero-order valence-electron chi connectivity index (χ0n) is 15.9. The molecule has 0 spiro atoms. The molecule has 0 bridgehead atoms. The average molecular weight is 413 g/mol. The third kappa shape index (κ3) is 5.87. The van der Waals surface area contributed by atoms with E-state index >= 15 is 0 Å². The van der Waals surface area contributed by atoms with Crippen molar-refractivity contribution in [1.82, 2.24) is 20.1 Å². The normalized spacial score (nSPS) is 10.8. The Balaban J connectivity index is 1.42. The van der Waals surface area contributed by atoms with E-state index in [0.717, 1.165) is 28.8 Å². The first kappa shape index (κ1) is 20.5. The molecule has 0 fully saturated rings. The number of aromatic nitrogens is 3. The van der Waals surface area contributed by atoms with Crippen LogP contribution >= 0.6 is 23.5 Å². The maximum Gasteiger partial charge on any atom is 0.230 e. The van der Waals surface area contributed by atoms with Crippen molar-refractivity contribution in [3.8, 4) is 5.69 Å². The smallest absolute Gasteiger partial charge is 0.230 e. The summed E-state index contributed by atoms with van der Waals surface area (Å²) in [4.78, 5) is 12.1. The zero-order valence-corrected chi connectivity index (χ0v) is 17.5. The highest BCUT2D eigenvalue weighted by atomic mass is 32.2. The van der Waals surface area contributed by atoms with Crippen molar-refractivity contribution in [3.05, 3.63) is 72.1 Å². The van der Waals surface area contributed by atoms with Crippen LogP contribution in [0, 0.1) is 0 Å². The molecule has 2 aromatic carbocycles. The van der Waals surface area contributed by atoms with E-state index in [-0.39, 0.29) is 5.91 Å². The fourth-order valence-corrected chi connectivity index (χ4v) is 4.31. The van der Waals surface area contributed by atoms with Gasteiger partial charge in [-0.25, -0.2) is 0 Å². The maximum atomic E-state index is 12.1. The lowest BCUT2D eigenvalue weighted by atomic mass is 10.1. The van der Waals surface area contributed by atoms with E-state index in [1.807, 2.05) is 46.7 Å². The number of hydrogen-bond acceptors (Lipinski definition) is 5. The first-order valence-electron chi connectivity index (χ1n) is 9.27. The molecule has 0 aliphatic rings. The number of thioether (sulfide) groups is 2. The minimum absolute atomic E-state index is 0.0173. The molecule has 0 saturated carbocycles. The molecule has 1 amide bonds. The lowest BCUT2D eigenvalue weighted by molar-refractivity contribution is -0.118. The van der Waals surface area contributed by atoms with E-state index in [2.05, 4.69) is 46.7 Å². The number of rotatable bonds is 10. The first-order chi connectivity index (χ1) is 13.8. The Hall–Kier alpha value is -2.25. The van der Waals surface area contributed by atoms with Crippen molar-refractivity contribution in [2.24, 2.45) is 0 Å². The summed E-state index contributed by atoms with van der Waals surface area (Å²) in [5.74, 6) is 2.20. The third-order valence-corrected chi connectivity index (χ3v) is 6.13. The molecule has 0 aliphatic heterocycles. The van der Waals surface area contributed by atoms with Gasteiger partial charge in [0, 0.05) is 18.1 Å². The molecule has 1 heterocycles. The zero-order chi connectivity index (χ0) is 19.6. The van der Waals surface area contributed by atoms with Crippen molar-refractivity contribution in [2.75, 3.05) is 18.1 Å². The third-order valence-electron chi connectivity index (χ3n) is 4.16. The average Bonchev–Trinajstić information content (AvgIpc) is 3.21. The Kier molecular flexibility index (Phi) is 7.99. The van der Waals surface area contributed by atoms with Crippen LogP contribution in [0.25, 0.3) is 5.69 Å². The molecule has 3 rings (SSSR count). The fraction of sp³-hybridized carbons (Fsp3) is 0.286. The fourth-order valence-electron chi connectivity index (χ4n) is 2.74. The van der Waals surface area contributed by atoms with Gasteiger partial charge in [-0.05, 0) is 23.6 Å². The Morgan fingerprint density at radius 1 is 1.11 bits per heavy atom. The summed E-state index contributed by atoms with van der Waals surface area (Å²) in [5.41, 5.74) is 3.60. The van der Waals surface area contributed by atoms with E-state index < -0.39 is 0 Å². The second-order valence-electron chi connectivity index (χ2n) is 6.14. The minimum atomic E-state index is 0.0173. The van der Waals surface area contributed by atoms with Gasteiger partial charge in [-0.1, -0.05) is 67.2 Å². The number of aryl methyl sites for hydroxylation is 1. The topological polar surface area (TPSA) is 59.8 Å². The van der Waals surface area contributed by atoms with Gasteiger partial charge in [-0.2, -0.15) is 11.8 Å². The van der Waals surface area contributed by atoms with E-state index in [4.69, 9.17) is 0 Å². The summed E-state index contributed by atoms with van der Waals surface area (Å²) in [6.07, 6.45) is 2.63. The molecule has 146 valence electrons. The van der Waals surface area contributed by atoms with Crippen molar-refractivity contribution in [3.63, 3.8) is 0 Å². The Morgan fingerprint density at radius 3 is 2.71 bits per heavy atom. The molecule has 1 N–H and O–H groups in total. The van der Waals surface area contributed by atoms with Gasteiger partial charge in [0.15, 0.2) is 5.16 Å². The van der Waals surface area contributed by atoms with E-state index in [1.165, 1.54) is 22.9 Å². The molecule has 1 aromatic heterocycles. The Morgan fingerprint density at radius 2 is 1.89 bits per heavy atom. The highest BCUT2D eigenvalue weighted by molar-refractivity contribution is 7.99. The summed E-state index contributed by atoms with van der Waals surface area (Å²) < 4.78 is 1.95. The summed E-state index contributed by atoms with van der Waals surface area (Å²) >= 11 is 3.23. The Labute approximate surface area is 174 Å². The number of hydrogen-bond donors (Lipinski definition) is 1. The monoisotopic (exact) mass is 412 g/mol. The summed E-state index contributed by atoms with van der Waals surface area (Å²) in [5, 5.41) is 11.9. The summed E-state index contributed by atoms with van der Waals surface area (Å²) in [7, 11) is 0. The molecule has 5 nitrogen and oxygen atoms in total. The lowest BCUT2D eigenvalue weighted by Crippen LogP contribution is -2.27. The van der Waals surface area contributed by atoms with Crippen molar-refractivity contribution in [2.45, 2.75) is 24.3 Å². The number of carbonyl (C=O) groups excluding carboxylic acids is 1. The maximum absolute atomic E-state index is 12.1. The van der Waals surface area contributed by atoms with Crippen LogP contribution in [-0.4, -0.2) is 38.7 Å². The predicted molar refractivity (Wildman–Crippen MR) is 117 cm³/mol. The molecule has 7 heteroatoms. The molecule has 0 unspecified atom stereocenters. The number of nitrogens with zero attached hydrogens (tertiary/aromatic N) is 3. The van der Waals surface area contributed by atoms with Crippen LogP contribution in [0.3, 0.4) is 0 Å². The van der Waals surface area contributed by atoms with Gasteiger partial charge in [0.1, 0.15) is 6.33 Å². The Bertz CT molecular complexity index is 883. The van der Waals surface area contributed by atoms with Crippen LogP contribution < -0.4 is 5.32 Å². The van der Waals surface area contributed by atoms with Gasteiger partial charge in [0.05, 0.1) is 11.4 Å². The van der Waals surface area contributed by atoms with Gasteiger partial charge < -0.3 is 5.32 Å². The van der Waals surface area contributed by atoms with Crippen molar-refractivity contribution in [1.29, 1.82) is 0 Å². The van der Waals surface area contributed by atoms with E-state index in [0.29, 0.717) is 12.3 Å². The summed E-state index contributed by atoms with van der Waals surface area (Å²) in [6.45, 7) is 2.79. The first-order valence-corrected chi connectivity index (χ1v) is 11.4. The molecule has 3 aromatic rings. The van der Waals surface area contributed by atoms with E-state index in [9.17, 15) is 4.79 Å². The van der Waals surface area contributed by atoms with Crippen LogP contribution in [0.1, 0.15) is 18.1 Å². The van der Waals surface area contributed by atoms with Gasteiger partial charge >= 0.3 is 0 Å². The van der Waals surface area contributed by atoms with Gasteiger partial charge in [-0.3, -0.25) is 9.36 Å². The van der Waals surface area contributed by atoms with Crippen LogP contribution in [-0.2, 0) is 17.0 Å².